The first-order chi connectivity index (χ1) is 16.0. The van der Waals surface area contributed by atoms with E-state index in [9.17, 15) is 19.8 Å². The average molecular weight is 471 g/mol. The molecule has 0 unspecified atom stereocenters. The molecule has 0 fully saturated rings. The highest BCUT2D eigenvalue weighted by molar-refractivity contribution is 5.76. The van der Waals surface area contributed by atoms with Crippen molar-refractivity contribution in [1.82, 2.24) is 10.6 Å². The predicted molar refractivity (Wildman–Crippen MR) is 137 cm³/mol. The highest BCUT2D eigenvalue weighted by Gasteiger charge is 2.30. The molecule has 6 nitrogen and oxygen atoms in total. The summed E-state index contributed by atoms with van der Waals surface area (Å²) in [5.74, 6) is -0.116. The summed E-state index contributed by atoms with van der Waals surface area (Å²) in [6, 6.07) is 0. The zero-order valence-corrected chi connectivity index (χ0v) is 21.8. The van der Waals surface area contributed by atoms with Gasteiger partial charge in [-0.05, 0) is 12.8 Å². The number of nitrogens with one attached hydrogen (secondary N) is 2. The molecule has 33 heavy (non-hydrogen) atoms. The lowest BCUT2D eigenvalue weighted by atomic mass is 9.89. The van der Waals surface area contributed by atoms with Crippen LogP contribution in [-0.4, -0.2) is 48.3 Å². The van der Waals surface area contributed by atoms with Gasteiger partial charge in [0.1, 0.15) is 0 Å². The smallest absolute Gasteiger partial charge is 0.220 e. The van der Waals surface area contributed by atoms with E-state index in [1.54, 1.807) is 0 Å². The van der Waals surface area contributed by atoms with Crippen LogP contribution in [0.5, 0.6) is 0 Å². The van der Waals surface area contributed by atoms with E-state index in [1.807, 2.05) is 0 Å². The standard InChI is InChI=1S/C27H54N2O4/c1-3-5-7-9-11-13-15-17-19-25(32)28-21-27(23-30,24-31)22-29-26(33)20-18-16-14-12-10-8-6-4-2/h30-31H,3-24H2,1-2H3,(H,28,32)(H,29,33). The van der Waals surface area contributed by atoms with Gasteiger partial charge in [0.15, 0.2) is 0 Å². The summed E-state index contributed by atoms with van der Waals surface area (Å²) >= 11 is 0. The molecule has 0 aliphatic rings. The molecule has 0 atom stereocenters. The van der Waals surface area contributed by atoms with Crippen molar-refractivity contribution < 1.29 is 19.8 Å². The van der Waals surface area contributed by atoms with Crippen LogP contribution in [0.4, 0.5) is 0 Å². The Kier molecular flexibility index (Phi) is 21.9. The third-order valence-electron chi connectivity index (χ3n) is 6.51. The second-order valence-electron chi connectivity index (χ2n) is 9.82. The number of rotatable bonds is 24. The molecular formula is C27H54N2O4. The summed E-state index contributed by atoms with van der Waals surface area (Å²) in [4.78, 5) is 24.3. The normalized spacial score (nSPS) is 11.5. The lowest BCUT2D eigenvalue weighted by Crippen LogP contribution is -2.50. The van der Waals surface area contributed by atoms with Crippen LogP contribution in [0.3, 0.4) is 0 Å². The van der Waals surface area contributed by atoms with E-state index in [0.29, 0.717) is 12.8 Å². The lowest BCUT2D eigenvalue weighted by molar-refractivity contribution is -0.122. The van der Waals surface area contributed by atoms with Crippen molar-refractivity contribution in [3.8, 4) is 0 Å². The molecule has 0 bridgehead atoms. The molecule has 6 heteroatoms. The third-order valence-corrected chi connectivity index (χ3v) is 6.51. The molecule has 0 aliphatic heterocycles. The maximum absolute atomic E-state index is 12.2. The number of carbonyl (C=O) groups is 2. The zero-order chi connectivity index (χ0) is 24.6. The molecule has 0 aromatic heterocycles. The molecule has 4 N–H and O–H groups in total. The Morgan fingerprint density at radius 1 is 0.545 bits per heavy atom. The highest BCUT2D eigenvalue weighted by Crippen LogP contribution is 2.15. The number of aliphatic hydroxyl groups is 2. The van der Waals surface area contributed by atoms with E-state index >= 15 is 0 Å². The molecule has 0 rings (SSSR count). The summed E-state index contributed by atoms with van der Waals surface area (Å²) in [5.41, 5.74) is -0.927. The second kappa shape index (κ2) is 22.6. The molecule has 0 heterocycles. The van der Waals surface area contributed by atoms with Crippen molar-refractivity contribution in [3.05, 3.63) is 0 Å². The first kappa shape index (κ1) is 31.9. The van der Waals surface area contributed by atoms with Gasteiger partial charge in [0.25, 0.3) is 0 Å². The van der Waals surface area contributed by atoms with Gasteiger partial charge in [0, 0.05) is 25.9 Å². The molecule has 0 saturated heterocycles. The first-order valence-corrected chi connectivity index (χ1v) is 13.8. The van der Waals surface area contributed by atoms with Crippen LogP contribution in [-0.2, 0) is 9.59 Å². The quantitative estimate of drug-likeness (QED) is 0.145. The highest BCUT2D eigenvalue weighted by atomic mass is 16.3. The molecule has 0 aliphatic carbocycles. The van der Waals surface area contributed by atoms with Gasteiger partial charge in [-0.2, -0.15) is 0 Å². The maximum Gasteiger partial charge on any atom is 0.220 e. The van der Waals surface area contributed by atoms with Crippen molar-refractivity contribution in [2.75, 3.05) is 26.3 Å². The molecule has 2 amide bonds. The molecule has 0 radical (unpaired) electrons. The van der Waals surface area contributed by atoms with Gasteiger partial charge in [-0.1, -0.05) is 104 Å². The summed E-state index contributed by atoms with van der Waals surface area (Å²) in [7, 11) is 0. The van der Waals surface area contributed by atoms with E-state index in [2.05, 4.69) is 24.5 Å². The van der Waals surface area contributed by atoms with E-state index in [1.165, 1.54) is 77.0 Å². The van der Waals surface area contributed by atoms with E-state index in [-0.39, 0.29) is 38.1 Å². The Morgan fingerprint density at radius 2 is 0.848 bits per heavy atom. The van der Waals surface area contributed by atoms with E-state index in [0.717, 1.165) is 25.7 Å². The van der Waals surface area contributed by atoms with Crippen LogP contribution >= 0.6 is 0 Å². The summed E-state index contributed by atoms with van der Waals surface area (Å²) in [6.07, 6.45) is 19.8. The van der Waals surface area contributed by atoms with Gasteiger partial charge in [-0.25, -0.2) is 0 Å². The van der Waals surface area contributed by atoms with Gasteiger partial charge in [-0.15, -0.1) is 0 Å². The fraction of sp³-hybridized carbons (Fsp3) is 0.926. The number of aliphatic hydroxyl groups excluding tert-OH is 2. The first-order valence-electron chi connectivity index (χ1n) is 13.8. The Hall–Kier alpha value is -1.14. The van der Waals surface area contributed by atoms with Gasteiger partial charge in [0.2, 0.25) is 11.8 Å². The molecular weight excluding hydrogens is 416 g/mol. The fourth-order valence-corrected chi connectivity index (χ4v) is 3.92. The summed E-state index contributed by atoms with van der Waals surface area (Å²) in [6.45, 7) is 4.17. The maximum atomic E-state index is 12.2. The predicted octanol–water partition coefficient (Wildman–Crippen LogP) is 5.25. The van der Waals surface area contributed by atoms with Crippen LogP contribution in [0.1, 0.15) is 129 Å². The van der Waals surface area contributed by atoms with E-state index in [4.69, 9.17) is 0 Å². The fourth-order valence-electron chi connectivity index (χ4n) is 3.92. The largest absolute Gasteiger partial charge is 0.396 e. The SMILES string of the molecule is CCCCCCCCCCC(=O)NCC(CO)(CO)CNC(=O)CCCCCCCCCC. The Bertz CT molecular complexity index is 429. The van der Waals surface area contributed by atoms with Crippen molar-refractivity contribution in [3.63, 3.8) is 0 Å². The molecule has 0 saturated carbocycles. The third kappa shape index (κ3) is 18.9. The van der Waals surface area contributed by atoms with Crippen molar-refractivity contribution in [2.45, 2.75) is 129 Å². The molecule has 0 aromatic rings. The number of hydrogen-bond acceptors (Lipinski definition) is 4. The number of hydrogen-bond donors (Lipinski definition) is 4. The van der Waals surface area contributed by atoms with Crippen LogP contribution < -0.4 is 10.6 Å². The number of carbonyl (C=O) groups excluding carboxylic acids is 2. The van der Waals surface area contributed by atoms with Crippen LogP contribution in [0.15, 0.2) is 0 Å². The summed E-state index contributed by atoms with van der Waals surface area (Å²) in [5, 5.41) is 25.3. The molecule has 196 valence electrons. The minimum Gasteiger partial charge on any atom is -0.396 e. The van der Waals surface area contributed by atoms with Crippen molar-refractivity contribution >= 4 is 11.8 Å². The van der Waals surface area contributed by atoms with Gasteiger partial charge < -0.3 is 20.8 Å². The van der Waals surface area contributed by atoms with Gasteiger partial charge >= 0.3 is 0 Å². The van der Waals surface area contributed by atoms with Crippen LogP contribution in [0.2, 0.25) is 0 Å². The Labute approximate surface area is 203 Å². The van der Waals surface area contributed by atoms with Crippen LogP contribution in [0, 0.1) is 5.41 Å². The zero-order valence-electron chi connectivity index (χ0n) is 21.8. The topological polar surface area (TPSA) is 98.7 Å². The molecule has 0 spiro atoms. The van der Waals surface area contributed by atoms with E-state index < -0.39 is 5.41 Å². The molecule has 0 aromatic carbocycles. The Morgan fingerprint density at radius 3 is 1.15 bits per heavy atom. The van der Waals surface area contributed by atoms with Crippen molar-refractivity contribution in [2.24, 2.45) is 5.41 Å². The van der Waals surface area contributed by atoms with Crippen LogP contribution in [0.25, 0.3) is 0 Å². The lowest BCUT2D eigenvalue weighted by Gasteiger charge is -2.30. The second-order valence-corrected chi connectivity index (χ2v) is 9.82. The minimum absolute atomic E-state index is 0.0579. The van der Waals surface area contributed by atoms with Crippen molar-refractivity contribution in [1.29, 1.82) is 0 Å². The van der Waals surface area contributed by atoms with Gasteiger partial charge in [0.05, 0.1) is 18.6 Å². The minimum atomic E-state index is -0.927. The average Bonchev–Trinajstić information content (AvgIpc) is 2.83. The number of amides is 2. The Balaban J connectivity index is 3.96. The number of unbranched alkanes of at least 4 members (excludes halogenated alkanes) is 14. The van der Waals surface area contributed by atoms with Gasteiger partial charge in [-0.3, -0.25) is 9.59 Å². The summed E-state index contributed by atoms with van der Waals surface area (Å²) < 4.78 is 0. The monoisotopic (exact) mass is 470 g/mol.